The average Bonchev–Trinajstić information content (AvgIpc) is 3.26. The van der Waals surface area contributed by atoms with Crippen LogP contribution < -0.4 is 21.7 Å². The van der Waals surface area contributed by atoms with Gasteiger partial charge in [0.05, 0.1) is 6.04 Å². The van der Waals surface area contributed by atoms with Crippen LogP contribution in [-0.4, -0.2) is 70.6 Å². The van der Waals surface area contributed by atoms with E-state index in [9.17, 15) is 32.8 Å². The molecule has 3 aliphatic carbocycles. The van der Waals surface area contributed by atoms with E-state index in [0.29, 0.717) is 12.8 Å². The minimum atomic E-state index is -2.94. The summed E-state index contributed by atoms with van der Waals surface area (Å²) in [5, 5.41) is 8.46. The van der Waals surface area contributed by atoms with Crippen LogP contribution in [0.15, 0.2) is 0 Å². The van der Waals surface area contributed by atoms with Gasteiger partial charge >= 0.3 is 6.03 Å². The van der Waals surface area contributed by atoms with Crippen molar-refractivity contribution in [3.8, 4) is 0 Å². The number of urea groups is 1. The van der Waals surface area contributed by atoms with Gasteiger partial charge in [-0.25, -0.2) is 13.6 Å². The Labute approximate surface area is 233 Å². The number of ketones is 1. The summed E-state index contributed by atoms with van der Waals surface area (Å²) in [6.45, 7) is 2.31. The van der Waals surface area contributed by atoms with E-state index in [1.54, 1.807) is 0 Å². The second-order valence-electron chi connectivity index (χ2n) is 12.5. The summed E-state index contributed by atoms with van der Waals surface area (Å²) < 4.78 is 27.1. The van der Waals surface area contributed by atoms with Gasteiger partial charge in [-0.1, -0.05) is 38.5 Å². The van der Waals surface area contributed by atoms with Crippen molar-refractivity contribution in [2.24, 2.45) is 17.6 Å². The molecule has 10 nitrogen and oxygen atoms in total. The maximum absolute atomic E-state index is 13.9. The summed E-state index contributed by atoms with van der Waals surface area (Å²) >= 11 is 0. The Hall–Kier alpha value is -2.79. The van der Waals surface area contributed by atoms with E-state index in [1.165, 1.54) is 4.90 Å². The lowest BCUT2D eigenvalue weighted by Crippen LogP contribution is -2.60. The molecule has 12 heteroatoms. The van der Waals surface area contributed by atoms with Crippen molar-refractivity contribution in [1.82, 2.24) is 20.9 Å². The zero-order valence-electron chi connectivity index (χ0n) is 23.3. The normalized spacial score (nSPS) is 27.2. The molecule has 0 radical (unpaired) electrons. The van der Waals surface area contributed by atoms with Gasteiger partial charge in [0.1, 0.15) is 12.1 Å². The van der Waals surface area contributed by atoms with Gasteiger partial charge in [0.2, 0.25) is 17.6 Å². The third-order valence-electron chi connectivity index (χ3n) is 9.24. The van der Waals surface area contributed by atoms with Gasteiger partial charge in [-0.05, 0) is 57.8 Å². The molecule has 4 aliphatic rings. The second kappa shape index (κ2) is 12.4. The van der Waals surface area contributed by atoms with Crippen molar-refractivity contribution in [3.63, 3.8) is 0 Å². The van der Waals surface area contributed by atoms with E-state index in [0.717, 1.165) is 64.2 Å². The number of carbonyl (C=O) groups excluding carboxylic acids is 5. The number of carbonyl (C=O) groups is 5. The smallest absolute Gasteiger partial charge is 0.315 e. The molecule has 40 heavy (non-hydrogen) atoms. The predicted molar refractivity (Wildman–Crippen MR) is 142 cm³/mol. The van der Waals surface area contributed by atoms with Crippen molar-refractivity contribution < 1.29 is 32.8 Å². The quantitative estimate of drug-likeness (QED) is 0.299. The Balaban J connectivity index is 1.45. The van der Waals surface area contributed by atoms with Crippen LogP contribution in [0.2, 0.25) is 0 Å². The Morgan fingerprint density at radius 1 is 0.925 bits per heavy atom. The first kappa shape index (κ1) is 30.2. The van der Waals surface area contributed by atoms with E-state index in [4.69, 9.17) is 5.73 Å². The second-order valence-corrected chi connectivity index (χ2v) is 12.5. The van der Waals surface area contributed by atoms with E-state index in [1.807, 2.05) is 6.92 Å². The molecule has 1 heterocycles. The fraction of sp³-hybridized carbons (Fsp3) is 0.821. The number of amides is 5. The minimum absolute atomic E-state index is 0.0724. The molecule has 1 aliphatic heterocycles. The van der Waals surface area contributed by atoms with Crippen molar-refractivity contribution in [1.29, 1.82) is 0 Å². The van der Waals surface area contributed by atoms with Crippen LogP contribution in [-0.2, 0) is 19.2 Å². The summed E-state index contributed by atoms with van der Waals surface area (Å²) in [5.41, 5.74) is 4.78. The van der Waals surface area contributed by atoms with Gasteiger partial charge < -0.3 is 26.6 Å². The number of halogens is 2. The average molecular weight is 568 g/mol. The summed E-state index contributed by atoms with van der Waals surface area (Å²) in [7, 11) is 0. The topological polar surface area (TPSA) is 151 Å². The number of hydrogen-bond acceptors (Lipinski definition) is 5. The number of Topliss-reactive ketones (excluding diaryl/α,β-unsaturated/α-hetero) is 1. The van der Waals surface area contributed by atoms with Gasteiger partial charge in [-0.15, -0.1) is 0 Å². The molecule has 4 rings (SSSR count). The van der Waals surface area contributed by atoms with Crippen LogP contribution in [0.5, 0.6) is 0 Å². The van der Waals surface area contributed by atoms with Crippen LogP contribution >= 0.6 is 0 Å². The highest BCUT2D eigenvalue weighted by Gasteiger charge is 2.58. The fourth-order valence-electron chi connectivity index (χ4n) is 6.72. The fourth-order valence-corrected chi connectivity index (χ4v) is 6.72. The first-order valence-corrected chi connectivity index (χ1v) is 14.8. The minimum Gasteiger partial charge on any atom is -0.363 e. The summed E-state index contributed by atoms with van der Waals surface area (Å²) in [5.74, 6) is -7.63. The summed E-state index contributed by atoms with van der Waals surface area (Å²) in [4.78, 5) is 65.7. The third-order valence-corrected chi connectivity index (χ3v) is 9.24. The van der Waals surface area contributed by atoms with Crippen LogP contribution in [0, 0.1) is 11.8 Å². The van der Waals surface area contributed by atoms with E-state index in [2.05, 4.69) is 16.0 Å². The van der Waals surface area contributed by atoms with Crippen LogP contribution in [0.1, 0.15) is 96.8 Å². The van der Waals surface area contributed by atoms with E-state index >= 15 is 0 Å². The molecule has 4 atom stereocenters. The highest BCUT2D eigenvalue weighted by atomic mass is 19.3. The first-order chi connectivity index (χ1) is 18.9. The SMILES string of the molecule is CC1(NC(=O)NC(C(=O)N2CCCC2C(=O)NC(CC2CC2(F)F)C(=O)C(N)=O)C2CCCCC2)CCCCC1. The Morgan fingerprint density at radius 2 is 1.55 bits per heavy atom. The van der Waals surface area contributed by atoms with Crippen molar-refractivity contribution >= 4 is 29.5 Å². The lowest BCUT2D eigenvalue weighted by Gasteiger charge is -2.37. The molecule has 0 spiro atoms. The molecule has 4 unspecified atom stereocenters. The number of likely N-dealkylation sites (tertiary alicyclic amines) is 1. The van der Waals surface area contributed by atoms with Crippen molar-refractivity contribution in [3.05, 3.63) is 0 Å². The number of nitrogens with zero attached hydrogens (tertiary/aromatic N) is 1. The van der Waals surface area contributed by atoms with Gasteiger partial charge in [0.15, 0.2) is 0 Å². The molecule has 224 valence electrons. The van der Waals surface area contributed by atoms with Crippen molar-refractivity contribution in [2.45, 2.75) is 126 Å². The van der Waals surface area contributed by atoms with E-state index in [-0.39, 0.29) is 23.9 Å². The van der Waals surface area contributed by atoms with Crippen molar-refractivity contribution in [2.75, 3.05) is 6.54 Å². The maximum atomic E-state index is 13.9. The van der Waals surface area contributed by atoms with Gasteiger partial charge in [-0.2, -0.15) is 0 Å². The molecule has 5 amide bonds. The molecule has 0 aromatic carbocycles. The Kier molecular flexibility index (Phi) is 9.34. The lowest BCUT2D eigenvalue weighted by atomic mass is 9.82. The summed E-state index contributed by atoms with van der Waals surface area (Å²) in [6.07, 6.45) is 9.48. The molecule has 0 bridgehead atoms. The third kappa shape index (κ3) is 7.28. The van der Waals surface area contributed by atoms with Crippen LogP contribution in [0.4, 0.5) is 13.6 Å². The molecule has 1 saturated heterocycles. The zero-order chi connectivity index (χ0) is 29.1. The number of primary amides is 1. The molecular formula is C28H43F2N5O5. The first-order valence-electron chi connectivity index (χ1n) is 14.8. The van der Waals surface area contributed by atoms with Crippen LogP contribution in [0.3, 0.4) is 0 Å². The predicted octanol–water partition coefficient (Wildman–Crippen LogP) is 2.53. The lowest BCUT2D eigenvalue weighted by molar-refractivity contribution is -0.143. The molecule has 5 N–H and O–H groups in total. The number of hydrogen-bond donors (Lipinski definition) is 4. The highest BCUT2D eigenvalue weighted by molar-refractivity contribution is 6.37. The maximum Gasteiger partial charge on any atom is 0.315 e. The summed E-state index contributed by atoms with van der Waals surface area (Å²) in [6, 6.07) is -3.63. The van der Waals surface area contributed by atoms with Gasteiger partial charge in [0.25, 0.3) is 11.8 Å². The number of nitrogens with two attached hydrogens (primary N) is 1. The van der Waals surface area contributed by atoms with Gasteiger partial charge in [-0.3, -0.25) is 19.2 Å². The molecule has 0 aromatic heterocycles. The Morgan fingerprint density at radius 3 is 2.15 bits per heavy atom. The standard InChI is InChI=1S/C28H43F2N5O5/c1-27(12-6-3-7-13-27)34-26(40)33-21(17-9-4-2-5-10-17)25(39)35-14-8-11-20(35)24(38)32-19(22(36)23(31)37)15-18-16-28(18,29)30/h17-21H,2-16H2,1H3,(H2,31,37)(H,32,38)(H2,33,34,40). The number of nitrogens with one attached hydrogen (secondary N) is 3. The van der Waals surface area contributed by atoms with Gasteiger partial charge in [0, 0.05) is 24.4 Å². The highest BCUT2D eigenvalue weighted by Crippen LogP contribution is 2.51. The zero-order valence-corrected chi connectivity index (χ0v) is 23.3. The largest absolute Gasteiger partial charge is 0.363 e. The number of alkyl halides is 2. The molecular weight excluding hydrogens is 524 g/mol. The monoisotopic (exact) mass is 567 g/mol. The molecule has 4 fully saturated rings. The number of rotatable bonds is 10. The van der Waals surface area contributed by atoms with Crippen LogP contribution in [0.25, 0.3) is 0 Å². The Bertz CT molecular complexity index is 996. The molecule has 3 saturated carbocycles. The van der Waals surface area contributed by atoms with E-state index < -0.39 is 66.4 Å². The molecule has 0 aromatic rings.